The molecule has 0 aromatic carbocycles. The second-order valence-corrected chi connectivity index (χ2v) is 6.83. The lowest BCUT2D eigenvalue weighted by Crippen LogP contribution is -2.53. The molecule has 3 aliphatic heterocycles. The molecule has 0 aromatic rings. The molecule has 3 fully saturated rings. The van der Waals surface area contributed by atoms with Crippen LogP contribution >= 0.6 is 0 Å². The Morgan fingerprint density at radius 3 is 2.38 bits per heavy atom. The summed E-state index contributed by atoms with van der Waals surface area (Å²) in [7, 11) is 0. The summed E-state index contributed by atoms with van der Waals surface area (Å²) in [5.74, 6) is -1.45. The molecule has 0 aromatic heterocycles. The van der Waals surface area contributed by atoms with Gasteiger partial charge in [-0.2, -0.15) is 0 Å². The summed E-state index contributed by atoms with van der Waals surface area (Å²) in [6.45, 7) is 11.4. The van der Waals surface area contributed by atoms with Gasteiger partial charge in [0.05, 0.1) is 6.61 Å². The van der Waals surface area contributed by atoms with Crippen LogP contribution in [0.4, 0.5) is 0 Å². The number of aliphatic hydroxyl groups is 1. The van der Waals surface area contributed by atoms with E-state index in [4.69, 9.17) is 23.7 Å². The predicted octanol–water partition coefficient (Wildman–Crippen LogP) is 1.32. The molecule has 6 nitrogen and oxygen atoms in total. The van der Waals surface area contributed by atoms with Crippen molar-refractivity contribution in [2.75, 3.05) is 6.61 Å². The fraction of sp³-hybridized carbons (Fsp3) is 0.867. The lowest BCUT2D eigenvalue weighted by Gasteiger charge is -2.35. The van der Waals surface area contributed by atoms with Crippen molar-refractivity contribution in [1.29, 1.82) is 0 Å². The quantitative estimate of drug-likeness (QED) is 0.793. The zero-order chi connectivity index (χ0) is 15.5. The molecule has 3 heterocycles. The summed E-state index contributed by atoms with van der Waals surface area (Å²) >= 11 is 0. The summed E-state index contributed by atoms with van der Waals surface area (Å²) in [5.41, 5.74) is -1.24. The SMILES string of the molecule is C=CC[C@]1(O)C(C2COC(C)(C)O2)O[C@@H]2OC(C)(C)O[C@@H]21. The van der Waals surface area contributed by atoms with Gasteiger partial charge in [-0.1, -0.05) is 6.08 Å². The third kappa shape index (κ3) is 2.54. The van der Waals surface area contributed by atoms with Crippen LogP contribution in [0.1, 0.15) is 34.1 Å². The molecule has 0 radical (unpaired) electrons. The van der Waals surface area contributed by atoms with Gasteiger partial charge in [0, 0.05) is 0 Å². The van der Waals surface area contributed by atoms with Gasteiger partial charge < -0.3 is 28.8 Å². The van der Waals surface area contributed by atoms with Crippen LogP contribution in [0.25, 0.3) is 0 Å². The van der Waals surface area contributed by atoms with Gasteiger partial charge in [0.15, 0.2) is 17.9 Å². The summed E-state index contributed by atoms with van der Waals surface area (Å²) < 4.78 is 28.9. The van der Waals surface area contributed by atoms with E-state index in [1.54, 1.807) is 19.9 Å². The van der Waals surface area contributed by atoms with Crippen LogP contribution in [0.2, 0.25) is 0 Å². The third-order valence-corrected chi connectivity index (χ3v) is 4.16. The van der Waals surface area contributed by atoms with E-state index < -0.39 is 35.7 Å². The van der Waals surface area contributed by atoms with Crippen molar-refractivity contribution >= 4 is 0 Å². The minimum atomic E-state index is -1.24. The van der Waals surface area contributed by atoms with Gasteiger partial charge >= 0.3 is 0 Å². The smallest absolute Gasteiger partial charge is 0.190 e. The second-order valence-electron chi connectivity index (χ2n) is 6.83. The first-order chi connectivity index (χ1) is 9.67. The van der Waals surface area contributed by atoms with Crippen molar-refractivity contribution < 1.29 is 28.8 Å². The van der Waals surface area contributed by atoms with Gasteiger partial charge in [-0.3, -0.25) is 0 Å². The van der Waals surface area contributed by atoms with Crippen molar-refractivity contribution in [2.45, 2.75) is 75.9 Å². The maximum absolute atomic E-state index is 11.1. The van der Waals surface area contributed by atoms with Gasteiger partial charge in [0.25, 0.3) is 0 Å². The molecule has 0 bridgehead atoms. The van der Waals surface area contributed by atoms with Gasteiger partial charge in [-0.15, -0.1) is 6.58 Å². The first kappa shape index (κ1) is 15.4. The summed E-state index contributed by atoms with van der Waals surface area (Å²) in [4.78, 5) is 0. The van der Waals surface area contributed by atoms with Crippen LogP contribution < -0.4 is 0 Å². The zero-order valence-corrected chi connectivity index (χ0v) is 13.0. The molecule has 6 heteroatoms. The maximum atomic E-state index is 11.1. The Kier molecular flexibility index (Phi) is 3.48. The monoisotopic (exact) mass is 300 g/mol. The molecule has 3 aliphatic rings. The maximum Gasteiger partial charge on any atom is 0.190 e. The average Bonchev–Trinajstić information content (AvgIpc) is 2.92. The summed E-state index contributed by atoms with van der Waals surface area (Å²) in [6, 6.07) is 0. The molecule has 0 spiro atoms. The highest BCUT2D eigenvalue weighted by Gasteiger charge is 2.65. The minimum Gasteiger partial charge on any atom is -0.384 e. The zero-order valence-electron chi connectivity index (χ0n) is 13.0. The second kappa shape index (κ2) is 4.75. The molecule has 3 rings (SSSR count). The molecule has 3 saturated heterocycles. The highest BCUT2D eigenvalue weighted by atomic mass is 16.8. The van der Waals surface area contributed by atoms with E-state index in [1.807, 2.05) is 13.8 Å². The standard InChI is InChI=1S/C15H24O6/c1-6-7-15(16)10(9-8-17-13(2,3)19-9)18-12-11(15)20-14(4,5)21-12/h6,9-12,16H,1,7-8H2,2-5H3/t9?,10?,11-,12+,15-/m0/s1. The highest BCUT2D eigenvalue weighted by Crippen LogP contribution is 2.47. The molecule has 120 valence electrons. The van der Waals surface area contributed by atoms with E-state index in [0.717, 1.165) is 0 Å². The fourth-order valence-corrected chi connectivity index (χ4v) is 3.33. The van der Waals surface area contributed by atoms with Gasteiger partial charge in [-0.25, -0.2) is 0 Å². The highest BCUT2D eigenvalue weighted by molar-refractivity contribution is 5.10. The number of fused-ring (bicyclic) bond motifs is 1. The first-order valence-electron chi connectivity index (χ1n) is 7.33. The minimum absolute atomic E-state index is 0.332. The molecular weight excluding hydrogens is 276 g/mol. The molecule has 21 heavy (non-hydrogen) atoms. The molecule has 5 atom stereocenters. The van der Waals surface area contributed by atoms with Crippen LogP contribution in [0.3, 0.4) is 0 Å². The van der Waals surface area contributed by atoms with Crippen LogP contribution in [0.15, 0.2) is 12.7 Å². The molecule has 0 saturated carbocycles. The van der Waals surface area contributed by atoms with Crippen LogP contribution in [-0.2, 0) is 23.7 Å². The Labute approximate surface area is 125 Å². The number of hydrogen-bond acceptors (Lipinski definition) is 6. The van der Waals surface area contributed by atoms with Gasteiger partial charge in [0.2, 0.25) is 0 Å². The molecule has 2 unspecified atom stereocenters. The molecule has 0 amide bonds. The lowest BCUT2D eigenvalue weighted by molar-refractivity contribution is -0.247. The Morgan fingerprint density at radius 1 is 1.10 bits per heavy atom. The van der Waals surface area contributed by atoms with Gasteiger partial charge in [-0.05, 0) is 34.1 Å². The largest absolute Gasteiger partial charge is 0.384 e. The van der Waals surface area contributed by atoms with Gasteiger partial charge in [0.1, 0.15) is 23.9 Å². The first-order valence-corrected chi connectivity index (χ1v) is 7.33. The molecule has 1 N–H and O–H groups in total. The molecular formula is C15H24O6. The van der Waals surface area contributed by atoms with Crippen molar-refractivity contribution in [1.82, 2.24) is 0 Å². The number of hydrogen-bond donors (Lipinski definition) is 1. The van der Waals surface area contributed by atoms with E-state index >= 15 is 0 Å². The Morgan fingerprint density at radius 2 is 1.81 bits per heavy atom. The lowest BCUT2D eigenvalue weighted by atomic mass is 9.86. The van der Waals surface area contributed by atoms with Crippen LogP contribution in [0.5, 0.6) is 0 Å². The van der Waals surface area contributed by atoms with Crippen molar-refractivity contribution in [3.8, 4) is 0 Å². The summed E-state index contributed by atoms with van der Waals surface area (Å²) in [5, 5.41) is 11.1. The van der Waals surface area contributed by atoms with Crippen molar-refractivity contribution in [2.24, 2.45) is 0 Å². The van der Waals surface area contributed by atoms with E-state index in [0.29, 0.717) is 13.0 Å². The Hall–Kier alpha value is -0.500. The fourth-order valence-electron chi connectivity index (χ4n) is 3.33. The Bertz CT molecular complexity index is 434. The Balaban J connectivity index is 1.84. The van der Waals surface area contributed by atoms with Crippen molar-refractivity contribution in [3.63, 3.8) is 0 Å². The normalized spacial score (nSPS) is 47.5. The number of ether oxygens (including phenoxy) is 5. The van der Waals surface area contributed by atoms with E-state index in [1.165, 1.54) is 0 Å². The predicted molar refractivity (Wildman–Crippen MR) is 73.4 cm³/mol. The topological polar surface area (TPSA) is 66.4 Å². The van der Waals surface area contributed by atoms with Crippen molar-refractivity contribution in [3.05, 3.63) is 12.7 Å². The third-order valence-electron chi connectivity index (χ3n) is 4.16. The van der Waals surface area contributed by atoms with E-state index in [-0.39, 0.29) is 6.10 Å². The van der Waals surface area contributed by atoms with Crippen LogP contribution in [0, 0.1) is 0 Å². The summed E-state index contributed by atoms with van der Waals surface area (Å²) in [6.07, 6.45) is -0.133. The number of rotatable bonds is 3. The van der Waals surface area contributed by atoms with Crippen LogP contribution in [-0.4, -0.2) is 53.5 Å². The van der Waals surface area contributed by atoms with E-state index in [2.05, 4.69) is 6.58 Å². The average molecular weight is 300 g/mol. The van der Waals surface area contributed by atoms with E-state index in [9.17, 15) is 5.11 Å². The molecule has 0 aliphatic carbocycles.